The summed E-state index contributed by atoms with van der Waals surface area (Å²) in [5.41, 5.74) is 0.788. The molecule has 0 amide bonds. The van der Waals surface area contributed by atoms with Crippen molar-refractivity contribution >= 4 is 11.6 Å². The monoisotopic (exact) mass is 226 g/mol. The second kappa shape index (κ2) is 5.79. The largest absolute Gasteiger partial charge is 0.492 e. The first-order valence-corrected chi connectivity index (χ1v) is 5.24. The molecule has 1 aromatic carbocycles. The second-order valence-electron chi connectivity index (χ2n) is 3.29. The minimum atomic E-state index is -0.510. The smallest absolute Gasteiger partial charge is 0.137 e. The number of halogens is 1. The van der Waals surface area contributed by atoms with Crippen LogP contribution in [0.3, 0.4) is 0 Å². The first kappa shape index (κ1) is 12.1. The maximum Gasteiger partial charge on any atom is 0.137 e. The Hall–Kier alpha value is -0.990. The van der Waals surface area contributed by atoms with E-state index in [-0.39, 0.29) is 0 Å². The van der Waals surface area contributed by atoms with Crippen LogP contribution in [0.25, 0.3) is 0 Å². The molecule has 0 heterocycles. The van der Waals surface area contributed by atoms with Gasteiger partial charge in [-0.05, 0) is 31.0 Å². The summed E-state index contributed by atoms with van der Waals surface area (Å²) in [6.07, 6.45) is 2.07. The van der Waals surface area contributed by atoms with E-state index in [1.807, 2.05) is 0 Å². The summed E-state index contributed by atoms with van der Waals surface area (Å²) in [5, 5.41) is 9.87. The molecule has 0 radical (unpaired) electrons. The zero-order chi connectivity index (χ0) is 11.3. The molecule has 0 bridgehead atoms. The molecule has 15 heavy (non-hydrogen) atoms. The summed E-state index contributed by atoms with van der Waals surface area (Å²) in [6.45, 7) is 5.87. The Morgan fingerprint density at radius 1 is 1.60 bits per heavy atom. The van der Waals surface area contributed by atoms with Gasteiger partial charge in [-0.25, -0.2) is 0 Å². The van der Waals surface area contributed by atoms with Crippen molar-refractivity contribution in [3.8, 4) is 5.75 Å². The zero-order valence-corrected chi connectivity index (χ0v) is 9.50. The highest BCUT2D eigenvalue weighted by Gasteiger charge is 2.05. The Morgan fingerprint density at radius 3 is 2.87 bits per heavy atom. The molecule has 0 unspecified atom stereocenters. The van der Waals surface area contributed by atoms with Crippen molar-refractivity contribution in [3.05, 3.63) is 41.4 Å². The van der Waals surface area contributed by atoms with Crippen LogP contribution in [0.1, 0.15) is 25.0 Å². The molecule has 0 spiro atoms. The summed E-state index contributed by atoms with van der Waals surface area (Å²) in [6, 6.07) is 5.29. The van der Waals surface area contributed by atoms with Gasteiger partial charge in [0, 0.05) is 0 Å². The van der Waals surface area contributed by atoms with E-state index >= 15 is 0 Å². The van der Waals surface area contributed by atoms with Crippen LogP contribution in [0.5, 0.6) is 5.75 Å². The van der Waals surface area contributed by atoms with E-state index in [0.29, 0.717) is 17.4 Å². The molecule has 82 valence electrons. The van der Waals surface area contributed by atoms with Crippen molar-refractivity contribution in [2.45, 2.75) is 19.4 Å². The molecule has 3 heteroatoms. The number of benzene rings is 1. The fourth-order valence-corrected chi connectivity index (χ4v) is 1.39. The number of aliphatic hydroxyl groups is 1. The van der Waals surface area contributed by atoms with Crippen LogP contribution in [0.4, 0.5) is 0 Å². The van der Waals surface area contributed by atoms with Crippen molar-refractivity contribution in [3.63, 3.8) is 0 Å². The Balaban J connectivity index is 2.70. The first-order valence-electron chi connectivity index (χ1n) is 4.86. The predicted octanol–water partition coefficient (Wildman–Crippen LogP) is 3.35. The van der Waals surface area contributed by atoms with Gasteiger partial charge in [0.15, 0.2) is 0 Å². The number of hydrogen-bond donors (Lipinski definition) is 1. The molecule has 0 aliphatic rings. The molecular weight excluding hydrogens is 212 g/mol. The Labute approximate surface area is 95.1 Å². The lowest BCUT2D eigenvalue weighted by atomic mass is 10.1. The molecule has 1 atom stereocenters. The third-order valence-corrected chi connectivity index (χ3v) is 2.31. The Bertz CT molecular complexity index is 334. The molecule has 0 saturated heterocycles. The summed E-state index contributed by atoms with van der Waals surface area (Å²) in [4.78, 5) is 0. The van der Waals surface area contributed by atoms with E-state index in [0.717, 1.165) is 12.0 Å². The minimum absolute atomic E-state index is 0.510. The minimum Gasteiger partial charge on any atom is -0.492 e. The van der Waals surface area contributed by atoms with Gasteiger partial charge < -0.3 is 9.84 Å². The van der Waals surface area contributed by atoms with Crippen molar-refractivity contribution in [1.29, 1.82) is 0 Å². The van der Waals surface area contributed by atoms with E-state index in [1.165, 1.54) is 0 Å². The highest BCUT2D eigenvalue weighted by Crippen LogP contribution is 2.27. The summed E-state index contributed by atoms with van der Waals surface area (Å²) in [7, 11) is 0. The van der Waals surface area contributed by atoms with Gasteiger partial charge in [-0.1, -0.05) is 23.7 Å². The molecule has 0 aliphatic heterocycles. The SMILES string of the molecule is C=CCCOc1ccc([C@@H](C)O)cc1Cl. The Morgan fingerprint density at radius 2 is 2.33 bits per heavy atom. The number of hydrogen-bond acceptors (Lipinski definition) is 2. The average Bonchev–Trinajstić information content (AvgIpc) is 2.20. The number of rotatable bonds is 5. The van der Waals surface area contributed by atoms with Gasteiger partial charge >= 0.3 is 0 Å². The lowest BCUT2D eigenvalue weighted by Crippen LogP contribution is -1.97. The molecule has 0 saturated carbocycles. The maximum atomic E-state index is 9.34. The van der Waals surface area contributed by atoms with E-state index in [2.05, 4.69) is 6.58 Å². The molecule has 1 rings (SSSR count). The van der Waals surface area contributed by atoms with Gasteiger partial charge in [-0.2, -0.15) is 0 Å². The molecule has 1 N–H and O–H groups in total. The molecule has 0 aliphatic carbocycles. The van der Waals surface area contributed by atoms with E-state index < -0.39 is 6.10 Å². The third-order valence-electron chi connectivity index (χ3n) is 2.02. The topological polar surface area (TPSA) is 29.5 Å². The van der Waals surface area contributed by atoms with Crippen LogP contribution < -0.4 is 4.74 Å². The first-order chi connectivity index (χ1) is 7.15. The molecule has 1 aromatic rings. The fraction of sp³-hybridized carbons (Fsp3) is 0.333. The van der Waals surface area contributed by atoms with Crippen molar-refractivity contribution in [1.82, 2.24) is 0 Å². The standard InChI is InChI=1S/C12H15ClO2/c1-3-4-7-15-12-6-5-10(9(2)14)8-11(12)13/h3,5-6,8-9,14H,1,4,7H2,2H3/t9-/m1/s1. The van der Waals surface area contributed by atoms with Crippen LogP contribution in [0.15, 0.2) is 30.9 Å². The molecule has 0 fully saturated rings. The maximum absolute atomic E-state index is 9.34. The highest BCUT2D eigenvalue weighted by molar-refractivity contribution is 6.32. The van der Waals surface area contributed by atoms with Crippen molar-refractivity contribution < 1.29 is 9.84 Å². The molecule has 0 aromatic heterocycles. The second-order valence-corrected chi connectivity index (χ2v) is 3.70. The average molecular weight is 227 g/mol. The fourth-order valence-electron chi connectivity index (χ4n) is 1.15. The summed E-state index contributed by atoms with van der Waals surface area (Å²) >= 11 is 5.99. The molecule has 2 nitrogen and oxygen atoms in total. The van der Waals surface area contributed by atoms with Crippen LogP contribution in [0.2, 0.25) is 5.02 Å². The van der Waals surface area contributed by atoms with Gasteiger partial charge in [0.1, 0.15) is 5.75 Å². The van der Waals surface area contributed by atoms with Crippen LogP contribution in [0, 0.1) is 0 Å². The van der Waals surface area contributed by atoms with Crippen molar-refractivity contribution in [2.75, 3.05) is 6.61 Å². The molecular formula is C12H15ClO2. The van der Waals surface area contributed by atoms with Crippen LogP contribution >= 0.6 is 11.6 Å². The van der Waals surface area contributed by atoms with Gasteiger partial charge in [0.2, 0.25) is 0 Å². The zero-order valence-electron chi connectivity index (χ0n) is 8.74. The van der Waals surface area contributed by atoms with Gasteiger partial charge in [-0.15, -0.1) is 6.58 Å². The van der Waals surface area contributed by atoms with E-state index in [1.54, 1.807) is 31.2 Å². The normalized spacial score (nSPS) is 12.2. The third kappa shape index (κ3) is 3.57. The van der Waals surface area contributed by atoms with Crippen LogP contribution in [-0.4, -0.2) is 11.7 Å². The number of aliphatic hydroxyl groups excluding tert-OH is 1. The van der Waals surface area contributed by atoms with Gasteiger partial charge in [0.05, 0.1) is 17.7 Å². The Kier molecular flexibility index (Phi) is 4.66. The lowest BCUT2D eigenvalue weighted by molar-refractivity contribution is 0.199. The number of ether oxygens (including phenoxy) is 1. The predicted molar refractivity (Wildman–Crippen MR) is 62.4 cm³/mol. The van der Waals surface area contributed by atoms with Gasteiger partial charge in [-0.3, -0.25) is 0 Å². The highest BCUT2D eigenvalue weighted by atomic mass is 35.5. The van der Waals surface area contributed by atoms with E-state index in [4.69, 9.17) is 16.3 Å². The van der Waals surface area contributed by atoms with Gasteiger partial charge in [0.25, 0.3) is 0 Å². The van der Waals surface area contributed by atoms with Crippen LogP contribution in [-0.2, 0) is 0 Å². The lowest BCUT2D eigenvalue weighted by Gasteiger charge is -2.09. The summed E-state index contributed by atoms with van der Waals surface area (Å²) < 4.78 is 5.43. The quantitative estimate of drug-likeness (QED) is 0.616. The van der Waals surface area contributed by atoms with E-state index in [9.17, 15) is 5.11 Å². The summed E-state index contributed by atoms with van der Waals surface area (Å²) in [5.74, 6) is 0.642. The van der Waals surface area contributed by atoms with Crippen molar-refractivity contribution in [2.24, 2.45) is 0 Å².